The zero-order chi connectivity index (χ0) is 25.8. The number of anilines is 1. The molecule has 3 aliphatic rings. The van der Waals surface area contributed by atoms with Crippen LogP contribution in [0.15, 0.2) is 91.0 Å². The maximum Gasteiger partial charge on any atom is 0.242 e. The highest BCUT2D eigenvalue weighted by Gasteiger charge is 2.58. The van der Waals surface area contributed by atoms with E-state index < -0.39 is 5.92 Å². The quantitative estimate of drug-likeness (QED) is 0.304. The molecular formula is C33H30N2O3. The molecule has 38 heavy (non-hydrogen) atoms. The molecule has 5 nitrogen and oxygen atoms in total. The second-order valence-electron chi connectivity index (χ2n) is 10.9. The van der Waals surface area contributed by atoms with Crippen LogP contribution in [0, 0.1) is 18.8 Å². The SMILES string of the molecule is Cc1cc2c([nH]1)[C@@H]1CCC(c3ccccc3)C[C@@H]1[C@@H]1C(=O)N(c3ccc(Oc4ccccc4)cc3)C(=O)[C@H]21. The summed E-state index contributed by atoms with van der Waals surface area (Å²) in [5, 5.41) is 0. The summed E-state index contributed by atoms with van der Waals surface area (Å²) in [7, 11) is 0. The number of hydrogen-bond donors (Lipinski definition) is 1. The Bertz CT molecular complexity index is 1490. The molecule has 1 saturated carbocycles. The minimum atomic E-state index is -0.432. The maximum atomic E-state index is 14.1. The van der Waals surface area contributed by atoms with Crippen molar-refractivity contribution in [2.24, 2.45) is 11.8 Å². The van der Waals surface area contributed by atoms with E-state index in [9.17, 15) is 9.59 Å². The van der Waals surface area contributed by atoms with Gasteiger partial charge >= 0.3 is 0 Å². The molecule has 2 fully saturated rings. The first-order valence-electron chi connectivity index (χ1n) is 13.5. The Balaban J connectivity index is 1.22. The van der Waals surface area contributed by atoms with Crippen LogP contribution in [0.25, 0.3) is 0 Å². The molecule has 190 valence electrons. The zero-order valence-electron chi connectivity index (χ0n) is 21.3. The molecule has 0 spiro atoms. The van der Waals surface area contributed by atoms with Gasteiger partial charge in [-0.05, 0) is 91.6 Å². The number of aryl methyl sites for hydroxylation is 1. The average molecular weight is 503 g/mol. The van der Waals surface area contributed by atoms with Crippen LogP contribution in [0.1, 0.15) is 59.5 Å². The van der Waals surface area contributed by atoms with Crippen molar-refractivity contribution in [1.82, 2.24) is 4.98 Å². The predicted molar refractivity (Wildman–Crippen MR) is 146 cm³/mol. The Hall–Kier alpha value is -4.12. The number of aromatic nitrogens is 1. The molecule has 2 aliphatic carbocycles. The fourth-order valence-electron chi connectivity index (χ4n) is 7.18. The van der Waals surface area contributed by atoms with Gasteiger partial charge in [-0.2, -0.15) is 0 Å². The first-order chi connectivity index (χ1) is 18.6. The molecule has 1 aromatic heterocycles. The number of hydrogen-bond acceptors (Lipinski definition) is 3. The highest BCUT2D eigenvalue weighted by Crippen LogP contribution is 2.58. The summed E-state index contributed by atoms with van der Waals surface area (Å²) in [6, 6.07) is 29.6. The molecular weight excluding hydrogens is 472 g/mol. The third-order valence-corrected chi connectivity index (χ3v) is 8.78. The Morgan fingerprint density at radius 3 is 2.24 bits per heavy atom. The zero-order valence-corrected chi connectivity index (χ0v) is 21.3. The van der Waals surface area contributed by atoms with Crippen LogP contribution in [-0.2, 0) is 9.59 Å². The topological polar surface area (TPSA) is 62.4 Å². The predicted octanol–water partition coefficient (Wildman–Crippen LogP) is 7.07. The number of rotatable bonds is 4. The van der Waals surface area contributed by atoms with Crippen molar-refractivity contribution in [3.05, 3.63) is 114 Å². The Morgan fingerprint density at radius 2 is 1.50 bits per heavy atom. The van der Waals surface area contributed by atoms with Gasteiger partial charge in [0.2, 0.25) is 11.8 Å². The Morgan fingerprint density at radius 1 is 0.816 bits per heavy atom. The molecule has 2 amide bonds. The molecule has 1 unspecified atom stereocenters. The fourth-order valence-corrected chi connectivity index (χ4v) is 7.18. The van der Waals surface area contributed by atoms with Crippen molar-refractivity contribution >= 4 is 17.5 Å². The lowest BCUT2D eigenvalue weighted by Crippen LogP contribution is -2.39. The van der Waals surface area contributed by atoms with E-state index in [1.54, 1.807) is 0 Å². The molecule has 7 rings (SSSR count). The van der Waals surface area contributed by atoms with E-state index in [1.807, 2.05) is 67.6 Å². The van der Waals surface area contributed by atoms with E-state index in [-0.39, 0.29) is 29.6 Å². The third kappa shape index (κ3) is 3.68. The number of nitrogens with zero attached hydrogens (tertiary/aromatic N) is 1. The second-order valence-corrected chi connectivity index (χ2v) is 10.9. The first-order valence-corrected chi connectivity index (χ1v) is 13.5. The number of carbonyl (C=O) groups is 2. The van der Waals surface area contributed by atoms with E-state index in [4.69, 9.17) is 4.74 Å². The van der Waals surface area contributed by atoms with E-state index >= 15 is 0 Å². The molecule has 1 saturated heterocycles. The molecule has 2 heterocycles. The third-order valence-electron chi connectivity index (χ3n) is 8.78. The van der Waals surface area contributed by atoms with Gasteiger partial charge < -0.3 is 9.72 Å². The van der Waals surface area contributed by atoms with Crippen molar-refractivity contribution in [1.29, 1.82) is 0 Å². The van der Waals surface area contributed by atoms with Crippen molar-refractivity contribution in [2.75, 3.05) is 4.90 Å². The van der Waals surface area contributed by atoms with Gasteiger partial charge in [0.1, 0.15) is 11.5 Å². The first kappa shape index (κ1) is 23.0. The van der Waals surface area contributed by atoms with Gasteiger partial charge in [0.25, 0.3) is 0 Å². The molecule has 1 aliphatic heterocycles. The Kier molecular flexibility index (Phi) is 5.46. The smallest absolute Gasteiger partial charge is 0.242 e. The fraction of sp³-hybridized carbons (Fsp3) is 0.273. The second kappa shape index (κ2) is 9.02. The van der Waals surface area contributed by atoms with Gasteiger partial charge in [0.15, 0.2) is 0 Å². The van der Waals surface area contributed by atoms with Crippen LogP contribution >= 0.6 is 0 Å². The van der Waals surface area contributed by atoms with Crippen LogP contribution < -0.4 is 9.64 Å². The van der Waals surface area contributed by atoms with Crippen LogP contribution in [0.3, 0.4) is 0 Å². The van der Waals surface area contributed by atoms with Gasteiger partial charge in [0.05, 0.1) is 17.5 Å². The highest BCUT2D eigenvalue weighted by atomic mass is 16.5. The molecule has 3 aromatic carbocycles. The molecule has 1 N–H and O–H groups in total. The van der Waals surface area contributed by atoms with E-state index in [0.29, 0.717) is 17.4 Å². The average Bonchev–Trinajstić information content (AvgIpc) is 3.46. The van der Waals surface area contributed by atoms with Crippen LogP contribution in [0.2, 0.25) is 0 Å². The number of ether oxygens (including phenoxy) is 1. The van der Waals surface area contributed by atoms with Gasteiger partial charge in [-0.15, -0.1) is 0 Å². The van der Waals surface area contributed by atoms with Crippen molar-refractivity contribution in [3.63, 3.8) is 0 Å². The van der Waals surface area contributed by atoms with Crippen LogP contribution in [0.4, 0.5) is 5.69 Å². The monoisotopic (exact) mass is 502 g/mol. The number of nitrogens with one attached hydrogen (secondary N) is 1. The van der Waals surface area contributed by atoms with Crippen molar-refractivity contribution < 1.29 is 14.3 Å². The number of para-hydroxylation sites is 1. The summed E-state index contributed by atoms with van der Waals surface area (Å²) in [4.78, 5) is 33.1. The lowest BCUT2D eigenvalue weighted by Gasteiger charge is -2.43. The number of benzene rings is 3. The van der Waals surface area contributed by atoms with Gasteiger partial charge in [-0.1, -0.05) is 48.5 Å². The standard InChI is InChI=1S/C33H30N2O3/c1-20-18-28-30-29(27-19-22(21-8-4-2-5-9-21)12-17-26(27)31(28)34-20)32(36)35(33(30)37)23-13-15-25(16-14-23)38-24-10-6-3-7-11-24/h2-11,13-16,18,22,26-27,29-30,34H,12,17,19H2,1H3/t22?,26-,27+,29+,30-/m1/s1. The van der Waals surface area contributed by atoms with Crippen LogP contribution in [0.5, 0.6) is 11.5 Å². The minimum Gasteiger partial charge on any atom is -0.457 e. The number of aromatic amines is 1. The summed E-state index contributed by atoms with van der Waals surface area (Å²) in [6.07, 6.45) is 3.03. The summed E-state index contributed by atoms with van der Waals surface area (Å²) in [5.41, 5.74) is 5.20. The number of imide groups is 1. The largest absolute Gasteiger partial charge is 0.457 e. The number of carbonyl (C=O) groups excluding carboxylic acids is 2. The molecule has 0 bridgehead atoms. The molecule has 4 aromatic rings. The number of fused-ring (bicyclic) bond motifs is 6. The van der Waals surface area contributed by atoms with Crippen molar-refractivity contribution in [2.45, 2.75) is 43.9 Å². The summed E-state index contributed by atoms with van der Waals surface area (Å²) in [6.45, 7) is 2.04. The maximum absolute atomic E-state index is 14.1. The summed E-state index contributed by atoms with van der Waals surface area (Å²) in [5.74, 6) is 1.28. The van der Waals surface area contributed by atoms with E-state index in [1.165, 1.54) is 16.2 Å². The van der Waals surface area contributed by atoms with Gasteiger partial charge in [-0.25, -0.2) is 4.90 Å². The van der Waals surface area contributed by atoms with Gasteiger partial charge in [0, 0.05) is 17.3 Å². The van der Waals surface area contributed by atoms with E-state index in [2.05, 4.69) is 35.3 Å². The lowest BCUT2D eigenvalue weighted by molar-refractivity contribution is -0.123. The van der Waals surface area contributed by atoms with Gasteiger partial charge in [-0.3, -0.25) is 9.59 Å². The number of H-pyrrole nitrogens is 1. The van der Waals surface area contributed by atoms with Crippen LogP contribution in [-0.4, -0.2) is 16.8 Å². The summed E-state index contributed by atoms with van der Waals surface area (Å²) < 4.78 is 5.93. The molecule has 5 atom stereocenters. The van der Waals surface area contributed by atoms with E-state index in [0.717, 1.165) is 36.3 Å². The normalized spacial score (nSPS) is 26.0. The molecule has 0 radical (unpaired) electrons. The Labute approximate surface area is 222 Å². The minimum absolute atomic E-state index is 0.0649. The highest BCUT2D eigenvalue weighted by molar-refractivity contribution is 6.24. The lowest BCUT2D eigenvalue weighted by atomic mass is 9.59. The summed E-state index contributed by atoms with van der Waals surface area (Å²) >= 11 is 0. The number of amides is 2. The molecule has 5 heteroatoms. The van der Waals surface area contributed by atoms with Crippen molar-refractivity contribution in [3.8, 4) is 11.5 Å².